The van der Waals surface area contributed by atoms with E-state index in [1.54, 1.807) is 0 Å². The van der Waals surface area contributed by atoms with Crippen LogP contribution in [0.1, 0.15) is 63.3 Å². The van der Waals surface area contributed by atoms with E-state index in [0.29, 0.717) is 6.04 Å². The Kier molecular flexibility index (Phi) is 3.55. The second-order valence-electron chi connectivity index (χ2n) is 5.87. The predicted molar refractivity (Wildman–Crippen MR) is 76.3 cm³/mol. The molecule has 2 unspecified atom stereocenters. The summed E-state index contributed by atoms with van der Waals surface area (Å²) in [5.74, 6) is 1.52. The zero-order valence-corrected chi connectivity index (χ0v) is 12.2. The van der Waals surface area contributed by atoms with E-state index in [-0.39, 0.29) is 0 Å². The molecule has 2 atom stereocenters. The first-order valence-corrected chi connectivity index (χ1v) is 8.21. The third kappa shape index (κ3) is 2.40. The summed E-state index contributed by atoms with van der Waals surface area (Å²) < 4.78 is 0. The molecular weight excluding hydrogens is 242 g/mol. The Morgan fingerprint density at radius 2 is 2.17 bits per heavy atom. The van der Waals surface area contributed by atoms with Crippen LogP contribution in [0.25, 0.3) is 0 Å². The van der Waals surface area contributed by atoms with E-state index in [2.05, 4.69) is 28.9 Å². The monoisotopic (exact) mass is 265 g/mol. The van der Waals surface area contributed by atoms with Gasteiger partial charge in [-0.1, -0.05) is 31.6 Å². The van der Waals surface area contributed by atoms with E-state index in [4.69, 9.17) is 0 Å². The molecule has 1 aromatic rings. The maximum atomic E-state index is 4.45. The van der Waals surface area contributed by atoms with E-state index in [9.17, 15) is 0 Å². The van der Waals surface area contributed by atoms with Crippen LogP contribution in [0.2, 0.25) is 0 Å². The van der Waals surface area contributed by atoms with E-state index in [1.165, 1.54) is 55.2 Å². The summed E-state index contributed by atoms with van der Waals surface area (Å²) in [5.41, 5.74) is 0. The molecule has 1 saturated heterocycles. The lowest BCUT2D eigenvalue weighted by molar-refractivity contribution is 0.421. The molecule has 0 aromatic carbocycles. The van der Waals surface area contributed by atoms with Crippen LogP contribution in [0.15, 0.2) is 0 Å². The SMILES string of the molecule is CCCC(C)C1CCCN1c1nnc(C2CC2)s1. The quantitative estimate of drug-likeness (QED) is 0.810. The molecule has 2 heterocycles. The van der Waals surface area contributed by atoms with E-state index < -0.39 is 0 Å². The minimum absolute atomic E-state index is 0.699. The van der Waals surface area contributed by atoms with E-state index >= 15 is 0 Å². The van der Waals surface area contributed by atoms with Crippen LogP contribution in [-0.4, -0.2) is 22.8 Å². The Labute approximate surface area is 114 Å². The molecule has 3 rings (SSSR count). The molecular formula is C14H23N3S. The highest BCUT2D eigenvalue weighted by Gasteiger charge is 2.33. The Hall–Kier alpha value is -0.640. The van der Waals surface area contributed by atoms with Gasteiger partial charge in [0.25, 0.3) is 0 Å². The van der Waals surface area contributed by atoms with Crippen molar-refractivity contribution in [2.75, 3.05) is 11.4 Å². The zero-order valence-electron chi connectivity index (χ0n) is 11.4. The summed E-state index contributed by atoms with van der Waals surface area (Å²) in [4.78, 5) is 2.53. The maximum absolute atomic E-state index is 4.45. The molecule has 100 valence electrons. The molecule has 1 saturated carbocycles. The number of hydrogen-bond acceptors (Lipinski definition) is 4. The summed E-state index contributed by atoms with van der Waals surface area (Å²) in [6, 6.07) is 0.699. The molecule has 1 aliphatic carbocycles. The van der Waals surface area contributed by atoms with Crippen molar-refractivity contribution in [3.63, 3.8) is 0 Å². The van der Waals surface area contributed by atoms with E-state index in [1.807, 2.05) is 11.3 Å². The number of aromatic nitrogens is 2. The molecule has 2 aliphatic rings. The summed E-state index contributed by atoms with van der Waals surface area (Å²) in [6.07, 6.45) is 7.91. The number of rotatable bonds is 5. The van der Waals surface area contributed by atoms with Gasteiger partial charge in [-0.05, 0) is 38.0 Å². The summed E-state index contributed by atoms with van der Waals surface area (Å²) in [5, 5.41) is 11.3. The molecule has 0 N–H and O–H groups in total. The van der Waals surface area contributed by atoms with Gasteiger partial charge in [-0.25, -0.2) is 0 Å². The number of hydrogen-bond donors (Lipinski definition) is 0. The van der Waals surface area contributed by atoms with Gasteiger partial charge in [0.15, 0.2) is 0 Å². The average Bonchev–Trinajstić information content (AvgIpc) is 2.93. The van der Waals surface area contributed by atoms with Gasteiger partial charge in [0.1, 0.15) is 5.01 Å². The van der Waals surface area contributed by atoms with Crippen LogP contribution in [-0.2, 0) is 0 Å². The van der Waals surface area contributed by atoms with Crippen molar-refractivity contribution in [2.24, 2.45) is 5.92 Å². The van der Waals surface area contributed by atoms with Crippen LogP contribution in [0.5, 0.6) is 0 Å². The molecule has 3 nitrogen and oxygen atoms in total. The normalized spacial score (nSPS) is 25.7. The van der Waals surface area contributed by atoms with Gasteiger partial charge in [0.2, 0.25) is 5.13 Å². The van der Waals surface area contributed by atoms with Crippen molar-refractivity contribution in [3.8, 4) is 0 Å². The van der Waals surface area contributed by atoms with Gasteiger partial charge >= 0.3 is 0 Å². The Bertz CT molecular complexity index is 399. The third-order valence-electron chi connectivity index (χ3n) is 4.30. The van der Waals surface area contributed by atoms with Crippen LogP contribution >= 0.6 is 11.3 Å². The van der Waals surface area contributed by atoms with Crippen LogP contribution < -0.4 is 4.90 Å². The summed E-state index contributed by atoms with van der Waals surface area (Å²) in [7, 11) is 0. The fourth-order valence-corrected chi connectivity index (χ4v) is 4.20. The van der Waals surface area contributed by atoms with Crippen LogP contribution in [0.3, 0.4) is 0 Å². The minimum Gasteiger partial charge on any atom is -0.343 e. The largest absolute Gasteiger partial charge is 0.343 e. The van der Waals surface area contributed by atoms with Gasteiger partial charge in [-0.3, -0.25) is 0 Å². The average molecular weight is 265 g/mol. The molecule has 18 heavy (non-hydrogen) atoms. The van der Waals surface area contributed by atoms with Crippen molar-refractivity contribution < 1.29 is 0 Å². The molecule has 1 aliphatic heterocycles. The van der Waals surface area contributed by atoms with E-state index in [0.717, 1.165) is 11.8 Å². The summed E-state index contributed by atoms with van der Waals surface area (Å²) >= 11 is 1.84. The highest BCUT2D eigenvalue weighted by molar-refractivity contribution is 7.15. The van der Waals surface area contributed by atoms with Gasteiger partial charge < -0.3 is 4.90 Å². The smallest absolute Gasteiger partial charge is 0.208 e. The van der Waals surface area contributed by atoms with Crippen molar-refractivity contribution in [2.45, 2.75) is 64.3 Å². The van der Waals surface area contributed by atoms with Crippen molar-refractivity contribution in [1.29, 1.82) is 0 Å². The number of nitrogens with zero attached hydrogens (tertiary/aromatic N) is 3. The van der Waals surface area contributed by atoms with Crippen LogP contribution in [0, 0.1) is 5.92 Å². The predicted octanol–water partition coefficient (Wildman–Crippen LogP) is 3.82. The molecule has 2 fully saturated rings. The molecule has 0 bridgehead atoms. The Morgan fingerprint density at radius 1 is 1.33 bits per heavy atom. The third-order valence-corrected chi connectivity index (χ3v) is 5.43. The van der Waals surface area contributed by atoms with Crippen molar-refractivity contribution in [3.05, 3.63) is 5.01 Å². The zero-order chi connectivity index (χ0) is 12.5. The lowest BCUT2D eigenvalue weighted by Gasteiger charge is -2.28. The standard InChI is InChI=1S/C14H23N3S/c1-3-5-10(2)12-6-4-9-17(12)14-16-15-13(18-14)11-7-8-11/h10-12H,3-9H2,1-2H3. The second kappa shape index (κ2) is 5.16. The second-order valence-corrected chi connectivity index (χ2v) is 6.85. The number of anilines is 1. The lowest BCUT2D eigenvalue weighted by Crippen LogP contribution is -2.34. The van der Waals surface area contributed by atoms with Gasteiger partial charge in [0, 0.05) is 18.5 Å². The molecule has 1 aromatic heterocycles. The highest BCUT2D eigenvalue weighted by Crippen LogP contribution is 2.43. The van der Waals surface area contributed by atoms with Crippen molar-refractivity contribution >= 4 is 16.5 Å². The highest BCUT2D eigenvalue weighted by atomic mass is 32.1. The Morgan fingerprint density at radius 3 is 2.89 bits per heavy atom. The van der Waals surface area contributed by atoms with Crippen molar-refractivity contribution in [1.82, 2.24) is 10.2 Å². The van der Waals surface area contributed by atoms with Gasteiger partial charge in [0.05, 0.1) is 0 Å². The lowest BCUT2D eigenvalue weighted by atomic mass is 9.95. The first kappa shape index (κ1) is 12.4. The summed E-state index contributed by atoms with van der Waals surface area (Å²) in [6.45, 7) is 5.86. The maximum Gasteiger partial charge on any atom is 0.208 e. The first-order valence-electron chi connectivity index (χ1n) is 7.39. The van der Waals surface area contributed by atoms with Gasteiger partial charge in [-0.2, -0.15) is 0 Å². The van der Waals surface area contributed by atoms with Gasteiger partial charge in [-0.15, -0.1) is 10.2 Å². The fourth-order valence-electron chi connectivity index (χ4n) is 3.11. The Balaban J connectivity index is 1.72. The molecule has 4 heteroatoms. The first-order chi connectivity index (χ1) is 8.79. The fraction of sp³-hybridized carbons (Fsp3) is 0.857. The molecule has 0 amide bonds. The molecule has 0 radical (unpaired) electrons. The van der Waals surface area contributed by atoms with Crippen LogP contribution in [0.4, 0.5) is 5.13 Å². The molecule has 0 spiro atoms. The minimum atomic E-state index is 0.699. The topological polar surface area (TPSA) is 29.0 Å².